The van der Waals surface area contributed by atoms with Gasteiger partial charge in [-0.25, -0.2) is 9.97 Å². The van der Waals surface area contributed by atoms with Crippen molar-refractivity contribution in [3.05, 3.63) is 42.4 Å². The minimum Gasteiger partial charge on any atom is -0.356 e. The lowest BCUT2D eigenvalue weighted by atomic mass is 9.97. The molecule has 3 aromatic heterocycles. The molecule has 8 nitrogen and oxygen atoms in total. The molecule has 0 unspecified atom stereocenters. The SMILES string of the molecule is CSc1nccc(N2CCC[C@@H](c3nnc(Cn4cccn4)n3C)C2)n1. The van der Waals surface area contributed by atoms with Gasteiger partial charge in [-0.2, -0.15) is 5.10 Å². The van der Waals surface area contributed by atoms with Crippen LogP contribution in [-0.4, -0.2) is 53.9 Å². The number of hydrogen-bond donors (Lipinski definition) is 0. The molecular formula is C17H22N8S. The molecule has 9 heteroatoms. The molecule has 0 saturated carbocycles. The van der Waals surface area contributed by atoms with Crippen LogP contribution >= 0.6 is 11.8 Å². The van der Waals surface area contributed by atoms with Crippen LogP contribution < -0.4 is 4.90 Å². The summed E-state index contributed by atoms with van der Waals surface area (Å²) in [5, 5.41) is 13.9. The van der Waals surface area contributed by atoms with Gasteiger partial charge in [-0.1, -0.05) is 11.8 Å². The van der Waals surface area contributed by atoms with E-state index in [1.165, 1.54) is 0 Å². The van der Waals surface area contributed by atoms with E-state index in [4.69, 9.17) is 0 Å². The summed E-state index contributed by atoms with van der Waals surface area (Å²) in [5.74, 6) is 3.30. The maximum absolute atomic E-state index is 4.64. The lowest BCUT2D eigenvalue weighted by Crippen LogP contribution is -2.36. The quantitative estimate of drug-likeness (QED) is 0.502. The highest BCUT2D eigenvalue weighted by Crippen LogP contribution is 2.28. The molecule has 0 spiro atoms. The van der Waals surface area contributed by atoms with Crippen LogP contribution in [0.2, 0.25) is 0 Å². The first-order valence-electron chi connectivity index (χ1n) is 8.72. The van der Waals surface area contributed by atoms with Crippen LogP contribution in [0.3, 0.4) is 0 Å². The molecule has 4 heterocycles. The molecule has 0 aliphatic carbocycles. The highest BCUT2D eigenvalue weighted by Gasteiger charge is 2.27. The Bertz CT molecular complexity index is 860. The van der Waals surface area contributed by atoms with Crippen molar-refractivity contribution >= 4 is 17.6 Å². The Morgan fingerprint density at radius 2 is 2.19 bits per heavy atom. The monoisotopic (exact) mass is 370 g/mol. The summed E-state index contributed by atoms with van der Waals surface area (Å²) in [4.78, 5) is 11.2. The van der Waals surface area contributed by atoms with Gasteiger partial charge in [-0.15, -0.1) is 10.2 Å². The first kappa shape index (κ1) is 17.0. The molecule has 3 aromatic rings. The second-order valence-electron chi connectivity index (χ2n) is 6.42. The van der Waals surface area contributed by atoms with E-state index < -0.39 is 0 Å². The largest absolute Gasteiger partial charge is 0.356 e. The Hall–Kier alpha value is -2.42. The van der Waals surface area contributed by atoms with Crippen molar-refractivity contribution in [3.8, 4) is 0 Å². The molecule has 0 radical (unpaired) electrons. The van der Waals surface area contributed by atoms with Gasteiger partial charge in [0, 0.05) is 44.6 Å². The first-order valence-corrected chi connectivity index (χ1v) is 9.94. The van der Waals surface area contributed by atoms with Gasteiger partial charge >= 0.3 is 0 Å². The molecular weight excluding hydrogens is 348 g/mol. The third-order valence-corrected chi connectivity index (χ3v) is 5.34. The van der Waals surface area contributed by atoms with Crippen LogP contribution in [0.5, 0.6) is 0 Å². The summed E-state index contributed by atoms with van der Waals surface area (Å²) in [5.41, 5.74) is 0. The van der Waals surface area contributed by atoms with Crippen LogP contribution in [0.25, 0.3) is 0 Å². The molecule has 0 aromatic carbocycles. The third kappa shape index (κ3) is 3.44. The van der Waals surface area contributed by atoms with E-state index in [0.717, 1.165) is 48.6 Å². The fourth-order valence-corrected chi connectivity index (χ4v) is 3.76. The van der Waals surface area contributed by atoms with E-state index >= 15 is 0 Å². The van der Waals surface area contributed by atoms with Crippen molar-refractivity contribution in [2.75, 3.05) is 24.2 Å². The maximum atomic E-state index is 4.64. The standard InChI is InChI=1S/C17H22N8S/c1-23-15(12-25-10-4-7-19-25)21-22-16(23)13-5-3-9-24(11-13)14-6-8-18-17(20-14)26-2/h4,6-8,10,13H,3,5,9,11-12H2,1-2H3/t13-/m1/s1. The Balaban J connectivity index is 1.52. The highest BCUT2D eigenvalue weighted by molar-refractivity contribution is 7.98. The van der Waals surface area contributed by atoms with Crippen molar-refractivity contribution in [1.29, 1.82) is 0 Å². The lowest BCUT2D eigenvalue weighted by Gasteiger charge is -2.33. The van der Waals surface area contributed by atoms with Crippen LogP contribution in [-0.2, 0) is 13.6 Å². The van der Waals surface area contributed by atoms with Crippen molar-refractivity contribution in [1.82, 2.24) is 34.5 Å². The van der Waals surface area contributed by atoms with Gasteiger partial charge in [-0.3, -0.25) is 4.68 Å². The smallest absolute Gasteiger partial charge is 0.189 e. The molecule has 0 bridgehead atoms. The van der Waals surface area contributed by atoms with Gasteiger partial charge in [0.2, 0.25) is 0 Å². The van der Waals surface area contributed by atoms with Gasteiger partial charge in [0.25, 0.3) is 0 Å². The number of nitrogens with zero attached hydrogens (tertiary/aromatic N) is 8. The summed E-state index contributed by atoms with van der Waals surface area (Å²) in [7, 11) is 2.05. The van der Waals surface area contributed by atoms with Crippen molar-refractivity contribution in [2.24, 2.45) is 7.05 Å². The van der Waals surface area contributed by atoms with E-state index in [0.29, 0.717) is 12.5 Å². The van der Waals surface area contributed by atoms with E-state index in [2.05, 4.69) is 34.7 Å². The molecule has 1 aliphatic heterocycles. The van der Waals surface area contributed by atoms with E-state index in [9.17, 15) is 0 Å². The molecule has 4 rings (SSSR count). The predicted molar refractivity (Wildman–Crippen MR) is 100 cm³/mol. The Morgan fingerprint density at radius 3 is 3.00 bits per heavy atom. The number of aromatic nitrogens is 7. The Kier molecular flexibility index (Phi) is 4.87. The van der Waals surface area contributed by atoms with Crippen molar-refractivity contribution < 1.29 is 0 Å². The third-order valence-electron chi connectivity index (χ3n) is 4.77. The van der Waals surface area contributed by atoms with E-state index in [1.54, 1.807) is 18.0 Å². The average Bonchev–Trinajstić information content (AvgIpc) is 3.33. The highest BCUT2D eigenvalue weighted by atomic mass is 32.2. The van der Waals surface area contributed by atoms with Gasteiger partial charge < -0.3 is 9.47 Å². The molecule has 0 N–H and O–H groups in total. The minimum atomic E-state index is 0.348. The Labute approximate surface area is 156 Å². The van der Waals surface area contributed by atoms with Crippen LogP contribution in [0.15, 0.2) is 35.9 Å². The molecule has 1 atom stereocenters. The molecule has 1 aliphatic rings. The van der Waals surface area contributed by atoms with Crippen LogP contribution in [0.4, 0.5) is 5.82 Å². The summed E-state index contributed by atoms with van der Waals surface area (Å²) < 4.78 is 3.98. The van der Waals surface area contributed by atoms with Crippen molar-refractivity contribution in [3.63, 3.8) is 0 Å². The number of hydrogen-bond acceptors (Lipinski definition) is 7. The topological polar surface area (TPSA) is 77.5 Å². The van der Waals surface area contributed by atoms with Gasteiger partial charge in [0.15, 0.2) is 11.0 Å². The summed E-state index contributed by atoms with van der Waals surface area (Å²) in [6.45, 7) is 2.55. The zero-order valence-electron chi connectivity index (χ0n) is 15.0. The zero-order valence-corrected chi connectivity index (χ0v) is 15.8. The average molecular weight is 370 g/mol. The van der Waals surface area contributed by atoms with Crippen molar-refractivity contribution in [2.45, 2.75) is 30.5 Å². The first-order chi connectivity index (χ1) is 12.7. The molecule has 136 valence electrons. The lowest BCUT2D eigenvalue weighted by molar-refractivity contribution is 0.474. The minimum absolute atomic E-state index is 0.348. The number of rotatable bonds is 5. The second kappa shape index (κ2) is 7.45. The number of anilines is 1. The van der Waals surface area contributed by atoms with Gasteiger partial charge in [0.05, 0.1) is 0 Å². The number of piperidine rings is 1. The molecule has 1 fully saturated rings. The normalized spacial score (nSPS) is 17.6. The van der Waals surface area contributed by atoms with Gasteiger partial charge in [0.1, 0.15) is 18.2 Å². The molecule has 26 heavy (non-hydrogen) atoms. The Morgan fingerprint density at radius 1 is 1.27 bits per heavy atom. The maximum Gasteiger partial charge on any atom is 0.189 e. The van der Waals surface area contributed by atoms with Gasteiger partial charge in [-0.05, 0) is 31.2 Å². The van der Waals surface area contributed by atoms with Crippen LogP contribution in [0, 0.1) is 0 Å². The second-order valence-corrected chi connectivity index (χ2v) is 7.20. The number of thioether (sulfide) groups is 1. The van der Waals surface area contributed by atoms with E-state index in [-0.39, 0.29) is 0 Å². The predicted octanol–water partition coefficient (Wildman–Crippen LogP) is 1.96. The zero-order chi connectivity index (χ0) is 17.9. The van der Waals surface area contributed by atoms with E-state index in [1.807, 2.05) is 42.5 Å². The fourth-order valence-electron chi connectivity index (χ4n) is 3.41. The molecule has 1 saturated heterocycles. The summed E-state index contributed by atoms with van der Waals surface area (Å²) in [6.07, 6.45) is 9.78. The van der Waals surface area contributed by atoms with Crippen LogP contribution in [0.1, 0.15) is 30.4 Å². The summed E-state index contributed by atoms with van der Waals surface area (Å²) in [6, 6.07) is 3.91. The molecule has 0 amide bonds. The fraction of sp³-hybridized carbons (Fsp3) is 0.471. The summed E-state index contributed by atoms with van der Waals surface area (Å²) >= 11 is 1.57.